The van der Waals surface area contributed by atoms with Gasteiger partial charge in [-0.15, -0.1) is 0 Å². The van der Waals surface area contributed by atoms with Crippen LogP contribution >= 0.6 is 15.3 Å². The lowest BCUT2D eigenvalue weighted by molar-refractivity contribution is -0.0260. The molecule has 0 spiro atoms. The zero-order valence-electron chi connectivity index (χ0n) is 22.3. The number of anilines is 2. The molecule has 3 saturated heterocycles. The van der Waals surface area contributed by atoms with Gasteiger partial charge in [0.25, 0.3) is 0 Å². The third-order valence-corrected chi connectivity index (χ3v) is 10.1. The van der Waals surface area contributed by atoms with E-state index < -0.39 is 77.3 Å². The van der Waals surface area contributed by atoms with Gasteiger partial charge in [-0.25, -0.2) is 48.3 Å². The Balaban J connectivity index is 1.17. The summed E-state index contributed by atoms with van der Waals surface area (Å²) in [6.07, 6.45) is -9.49. The molecular weight excluding hydrogens is 634 g/mol. The number of fused-ring (bicyclic) bond motifs is 4. The van der Waals surface area contributed by atoms with Gasteiger partial charge >= 0.3 is 15.3 Å². The zero-order chi connectivity index (χ0) is 31.0. The van der Waals surface area contributed by atoms with Crippen LogP contribution in [-0.4, -0.2) is 98.3 Å². The standard InChI is InChI=1S/C21H25F2N11O8P2/c22-10-14-8(39-20(10)33-6-30-12-16(24)26-4-28-18(12)33)1-2-43(35,36)41-15-9(3-32-44(37,38)42-14)40-21(11(15)23)34-7-31-13-17(25)27-5-29-19(13)34/h4-11,14-15,20-21H,1-3H2,(H,35,36)(H2,24,26,28)(H2,25,27,29)(H2,32,37,38)/t8-,9-,10?,11?,14+,15+,20-,21-/m1/s1. The summed E-state index contributed by atoms with van der Waals surface area (Å²) in [5, 5.41) is 2.23. The lowest BCUT2D eigenvalue weighted by atomic mass is 10.1. The van der Waals surface area contributed by atoms with Crippen LogP contribution in [0.3, 0.4) is 0 Å². The normalized spacial score (nSPS) is 38.3. The van der Waals surface area contributed by atoms with Crippen LogP contribution in [0.25, 0.3) is 22.3 Å². The van der Waals surface area contributed by atoms with Gasteiger partial charge in [0.05, 0.1) is 24.9 Å². The minimum absolute atomic E-state index is 0.0320. The number of nitrogens with zero attached hydrogens (tertiary/aromatic N) is 8. The van der Waals surface area contributed by atoms with Gasteiger partial charge in [-0.1, -0.05) is 0 Å². The summed E-state index contributed by atoms with van der Waals surface area (Å²) in [5.74, 6) is 0.0664. The highest BCUT2D eigenvalue weighted by molar-refractivity contribution is 7.52. The van der Waals surface area contributed by atoms with Crippen molar-refractivity contribution in [3.8, 4) is 0 Å². The highest BCUT2D eigenvalue weighted by Crippen LogP contribution is 2.52. The largest absolute Gasteiger partial charge is 0.403 e. The predicted octanol–water partition coefficient (Wildman–Crippen LogP) is 0.351. The van der Waals surface area contributed by atoms with Crippen molar-refractivity contribution in [1.82, 2.24) is 44.1 Å². The van der Waals surface area contributed by atoms with Crippen LogP contribution in [0.5, 0.6) is 0 Å². The van der Waals surface area contributed by atoms with E-state index in [4.69, 9.17) is 30.0 Å². The molecule has 7 rings (SSSR count). The molecule has 19 nitrogen and oxygen atoms in total. The van der Waals surface area contributed by atoms with E-state index in [0.29, 0.717) is 0 Å². The number of halogens is 2. The molecule has 3 fully saturated rings. The SMILES string of the molecule is Nc1ncnc2c1ncn2[C@@H]1O[C@@H]2CNP(=O)(O)O[C@@H]3C(F)[C@H](n4cnc5c(N)ncnc54)O[C@@H]3CCP(=O)(O)O[C@@H]2C1F. The van der Waals surface area contributed by atoms with Gasteiger partial charge in [0.1, 0.15) is 42.0 Å². The van der Waals surface area contributed by atoms with Gasteiger partial charge in [-0.3, -0.25) is 22.7 Å². The maximum atomic E-state index is 15.9. The molecule has 4 aromatic rings. The first-order chi connectivity index (χ1) is 20.9. The van der Waals surface area contributed by atoms with Crippen LogP contribution in [0, 0.1) is 0 Å². The Morgan fingerprint density at radius 1 is 0.818 bits per heavy atom. The Hall–Kier alpha value is -3.26. The van der Waals surface area contributed by atoms with E-state index in [0.717, 1.165) is 12.7 Å². The molecule has 3 aliphatic heterocycles. The summed E-state index contributed by atoms with van der Waals surface area (Å²) in [6, 6.07) is 0. The van der Waals surface area contributed by atoms with E-state index in [-0.39, 0.29) is 40.4 Å². The number of nitrogens with two attached hydrogens (primary N) is 2. The maximum Gasteiger partial charge on any atom is 0.403 e. The molecule has 0 aliphatic carbocycles. The number of nitrogen functional groups attached to an aromatic ring is 2. The first-order valence-corrected chi connectivity index (χ1v) is 16.5. The molecule has 0 saturated carbocycles. The van der Waals surface area contributed by atoms with Gasteiger partial charge in [0, 0.05) is 6.54 Å². The first kappa shape index (κ1) is 29.5. The highest BCUT2D eigenvalue weighted by atomic mass is 31.2. The molecule has 236 valence electrons. The minimum Gasteiger partial charge on any atom is -0.382 e. The van der Waals surface area contributed by atoms with Crippen LogP contribution in [0.1, 0.15) is 18.9 Å². The van der Waals surface area contributed by atoms with Crippen LogP contribution in [0.2, 0.25) is 0 Å². The van der Waals surface area contributed by atoms with Crippen molar-refractivity contribution in [2.45, 2.75) is 55.6 Å². The monoisotopic (exact) mass is 659 g/mol. The molecule has 0 bridgehead atoms. The molecule has 3 aliphatic rings. The van der Waals surface area contributed by atoms with Crippen molar-refractivity contribution in [2.75, 3.05) is 24.2 Å². The van der Waals surface area contributed by atoms with Crippen LogP contribution in [0.15, 0.2) is 25.3 Å². The second-order valence-electron chi connectivity index (χ2n) is 10.4. The summed E-state index contributed by atoms with van der Waals surface area (Å²) in [6.45, 7) is -0.597. The van der Waals surface area contributed by atoms with Gasteiger partial charge in [-0.2, -0.15) is 0 Å². The summed E-state index contributed by atoms with van der Waals surface area (Å²) in [5.41, 5.74) is 12.2. The number of ether oxygens (including phenoxy) is 2. The summed E-state index contributed by atoms with van der Waals surface area (Å²) < 4.78 is 82.9. The second-order valence-corrected chi connectivity index (χ2v) is 13.9. The second kappa shape index (κ2) is 10.7. The number of imidazole rings is 2. The van der Waals surface area contributed by atoms with Crippen molar-refractivity contribution in [1.29, 1.82) is 0 Å². The lowest BCUT2D eigenvalue weighted by Crippen LogP contribution is -2.40. The van der Waals surface area contributed by atoms with E-state index in [2.05, 4.69) is 35.0 Å². The molecular formula is C21H25F2N11O8P2. The van der Waals surface area contributed by atoms with E-state index in [1.54, 1.807) is 0 Å². The number of hydrogen-bond acceptors (Lipinski definition) is 14. The molecule has 0 radical (unpaired) electrons. The van der Waals surface area contributed by atoms with Gasteiger partial charge in [-0.05, 0) is 6.42 Å². The Kier molecular flexibility index (Phi) is 7.15. The van der Waals surface area contributed by atoms with Crippen LogP contribution in [-0.2, 0) is 27.7 Å². The summed E-state index contributed by atoms with van der Waals surface area (Å²) in [4.78, 5) is 45.3. The average molecular weight is 659 g/mol. The van der Waals surface area contributed by atoms with Crippen molar-refractivity contribution in [3.05, 3.63) is 25.3 Å². The number of alkyl halides is 2. The molecule has 7 heterocycles. The van der Waals surface area contributed by atoms with Gasteiger partial charge < -0.3 is 30.7 Å². The van der Waals surface area contributed by atoms with Gasteiger partial charge in [0.2, 0.25) is 0 Å². The third-order valence-electron chi connectivity index (χ3n) is 7.60. The van der Waals surface area contributed by atoms with E-state index in [9.17, 15) is 18.9 Å². The van der Waals surface area contributed by atoms with Gasteiger partial charge in [0.15, 0.2) is 47.7 Å². The highest BCUT2D eigenvalue weighted by Gasteiger charge is 2.54. The fourth-order valence-electron chi connectivity index (χ4n) is 5.54. The molecule has 10 atom stereocenters. The van der Waals surface area contributed by atoms with Crippen LogP contribution in [0.4, 0.5) is 20.4 Å². The maximum absolute atomic E-state index is 15.9. The average Bonchev–Trinajstić information content (AvgIpc) is 3.73. The van der Waals surface area contributed by atoms with Crippen molar-refractivity contribution in [3.63, 3.8) is 0 Å². The molecule has 44 heavy (non-hydrogen) atoms. The van der Waals surface area contributed by atoms with E-state index in [1.165, 1.54) is 21.8 Å². The first-order valence-electron chi connectivity index (χ1n) is 13.1. The number of hydrogen-bond donors (Lipinski definition) is 5. The van der Waals surface area contributed by atoms with Crippen molar-refractivity contribution in [2.24, 2.45) is 0 Å². The molecule has 4 unspecified atom stereocenters. The topological polar surface area (TPSA) is 263 Å². The van der Waals surface area contributed by atoms with Crippen molar-refractivity contribution >= 4 is 49.3 Å². The summed E-state index contributed by atoms with van der Waals surface area (Å²) in [7, 11) is -9.41. The number of rotatable bonds is 2. The fourth-order valence-corrected chi connectivity index (χ4v) is 7.92. The molecule has 23 heteroatoms. The smallest absolute Gasteiger partial charge is 0.382 e. The Morgan fingerprint density at radius 2 is 1.34 bits per heavy atom. The quantitative estimate of drug-likeness (QED) is 0.182. The lowest BCUT2D eigenvalue weighted by Gasteiger charge is -2.28. The third kappa shape index (κ3) is 5.03. The zero-order valence-corrected chi connectivity index (χ0v) is 24.1. The fraction of sp³-hybridized carbons (Fsp3) is 0.524. The molecule has 0 amide bonds. The van der Waals surface area contributed by atoms with E-state index in [1.807, 2.05) is 0 Å². The number of nitrogens with one attached hydrogen (secondary N) is 1. The molecule has 7 N–H and O–H groups in total. The van der Waals surface area contributed by atoms with Crippen molar-refractivity contribution < 1.29 is 46.2 Å². The Labute approximate surface area is 245 Å². The van der Waals surface area contributed by atoms with Crippen LogP contribution < -0.4 is 16.6 Å². The predicted molar refractivity (Wildman–Crippen MR) is 144 cm³/mol. The minimum atomic E-state index is -4.82. The Morgan fingerprint density at radius 3 is 1.91 bits per heavy atom. The number of aromatic nitrogens is 8. The van der Waals surface area contributed by atoms with E-state index >= 15 is 8.78 Å². The Bertz CT molecular complexity index is 1700. The molecule has 4 aromatic heterocycles. The molecule has 0 aromatic carbocycles. The summed E-state index contributed by atoms with van der Waals surface area (Å²) >= 11 is 0.